The number of aromatic nitrogens is 2. The van der Waals surface area contributed by atoms with Gasteiger partial charge in [0.1, 0.15) is 17.5 Å². The van der Waals surface area contributed by atoms with E-state index < -0.39 is 17.7 Å². The van der Waals surface area contributed by atoms with E-state index >= 15 is 0 Å². The lowest BCUT2D eigenvalue weighted by atomic mass is 9.55. The number of rotatable bonds is 4. The van der Waals surface area contributed by atoms with Gasteiger partial charge in [0.15, 0.2) is 0 Å². The Bertz CT molecular complexity index is 1250. The van der Waals surface area contributed by atoms with Crippen molar-refractivity contribution in [2.24, 2.45) is 28.8 Å². The van der Waals surface area contributed by atoms with Gasteiger partial charge in [-0.05, 0) is 72.9 Å². The monoisotopic (exact) mass is 452 g/mol. The molecule has 33 heavy (non-hydrogen) atoms. The first-order chi connectivity index (χ1) is 15.9. The number of carbonyl (C=O) groups is 1. The van der Waals surface area contributed by atoms with Crippen molar-refractivity contribution in [1.29, 1.82) is 0 Å². The molecule has 1 aromatic heterocycles. The number of carbonyl (C=O) groups excluding carboxylic acids is 1. The molecule has 2 bridgehead atoms. The molecule has 1 amide bonds. The van der Waals surface area contributed by atoms with Gasteiger partial charge in [-0.3, -0.25) is 9.48 Å². The molecule has 2 aromatic carbocycles. The van der Waals surface area contributed by atoms with E-state index in [0.717, 1.165) is 36.2 Å². The maximum absolute atomic E-state index is 13.8. The van der Waals surface area contributed by atoms with Crippen molar-refractivity contribution in [2.45, 2.75) is 38.3 Å². The topological polar surface area (TPSA) is 50.5 Å². The summed E-state index contributed by atoms with van der Waals surface area (Å²) in [7, 11) is 0. The molecule has 3 atom stereocenters. The van der Waals surface area contributed by atoms with E-state index in [9.17, 15) is 18.0 Å². The number of halogens is 3. The highest BCUT2D eigenvalue weighted by molar-refractivity contribution is 5.82. The molecule has 3 aromatic rings. The van der Waals surface area contributed by atoms with E-state index in [-0.39, 0.29) is 17.6 Å². The summed E-state index contributed by atoms with van der Waals surface area (Å²) >= 11 is 0. The number of fused-ring (bicyclic) bond motifs is 3. The second-order valence-corrected chi connectivity index (χ2v) is 9.58. The van der Waals surface area contributed by atoms with Crippen LogP contribution in [0.2, 0.25) is 0 Å². The highest BCUT2D eigenvalue weighted by Gasteiger charge is 2.50. The predicted octanol–water partition coefficient (Wildman–Crippen LogP) is 5.08. The van der Waals surface area contributed by atoms with Gasteiger partial charge in [-0.2, -0.15) is 10.2 Å². The molecule has 0 N–H and O–H groups in total. The van der Waals surface area contributed by atoms with Crippen molar-refractivity contribution in [1.82, 2.24) is 14.8 Å². The minimum atomic E-state index is -0.657. The van der Waals surface area contributed by atoms with Crippen LogP contribution in [0.5, 0.6) is 0 Å². The van der Waals surface area contributed by atoms with Crippen LogP contribution in [0, 0.1) is 41.1 Å². The zero-order valence-electron chi connectivity index (χ0n) is 17.9. The van der Waals surface area contributed by atoms with Crippen LogP contribution in [0.3, 0.4) is 0 Å². The van der Waals surface area contributed by atoms with E-state index in [4.69, 9.17) is 0 Å². The van der Waals surface area contributed by atoms with E-state index in [2.05, 4.69) is 10.2 Å². The van der Waals surface area contributed by atoms with Crippen molar-refractivity contribution in [3.05, 3.63) is 65.6 Å². The zero-order valence-corrected chi connectivity index (χ0v) is 17.9. The molecule has 170 valence electrons. The van der Waals surface area contributed by atoms with Gasteiger partial charge < -0.3 is 0 Å². The van der Waals surface area contributed by atoms with Crippen LogP contribution in [0.4, 0.5) is 13.2 Å². The molecule has 4 aliphatic rings. The van der Waals surface area contributed by atoms with Crippen LogP contribution in [-0.2, 0) is 11.3 Å². The first-order valence-electron chi connectivity index (χ1n) is 11.4. The maximum atomic E-state index is 13.8. The van der Waals surface area contributed by atoms with Gasteiger partial charge in [-0.25, -0.2) is 18.2 Å². The first-order valence-corrected chi connectivity index (χ1v) is 11.4. The highest BCUT2D eigenvalue weighted by Crippen LogP contribution is 2.53. The normalized spacial score (nSPS) is 28.3. The van der Waals surface area contributed by atoms with Crippen molar-refractivity contribution in [3.63, 3.8) is 0 Å². The fraction of sp³-hybridized carbons (Fsp3) is 0.400. The molecule has 0 spiro atoms. The third kappa shape index (κ3) is 3.61. The summed E-state index contributed by atoms with van der Waals surface area (Å²) in [5.41, 5.74) is 1.18. The average molecular weight is 452 g/mol. The Morgan fingerprint density at radius 3 is 2.55 bits per heavy atom. The van der Waals surface area contributed by atoms with Gasteiger partial charge in [0.25, 0.3) is 0 Å². The van der Waals surface area contributed by atoms with Crippen LogP contribution in [-0.4, -0.2) is 26.9 Å². The summed E-state index contributed by atoms with van der Waals surface area (Å²) in [6.45, 7) is 0.680. The largest absolute Gasteiger partial charge is 0.273 e. The number of hydrazone groups is 1. The summed E-state index contributed by atoms with van der Waals surface area (Å²) in [5, 5.41) is 11.1. The van der Waals surface area contributed by atoms with Gasteiger partial charge in [-0.15, -0.1) is 0 Å². The number of benzene rings is 2. The third-order valence-electron chi connectivity index (χ3n) is 7.58. The molecular formula is C25H23F3N4O. The van der Waals surface area contributed by atoms with Crippen LogP contribution < -0.4 is 0 Å². The Morgan fingerprint density at radius 1 is 0.970 bits per heavy atom. The van der Waals surface area contributed by atoms with E-state index in [1.807, 2.05) is 10.9 Å². The average Bonchev–Trinajstić information content (AvgIpc) is 3.38. The zero-order chi connectivity index (χ0) is 22.7. The Balaban J connectivity index is 1.20. The molecule has 3 saturated carbocycles. The van der Waals surface area contributed by atoms with Crippen LogP contribution in [0.1, 0.15) is 37.3 Å². The van der Waals surface area contributed by atoms with Crippen molar-refractivity contribution >= 4 is 23.0 Å². The van der Waals surface area contributed by atoms with Crippen molar-refractivity contribution < 1.29 is 18.0 Å². The Morgan fingerprint density at radius 2 is 1.76 bits per heavy atom. The van der Waals surface area contributed by atoms with E-state index in [1.54, 1.807) is 12.3 Å². The number of amides is 1. The lowest BCUT2D eigenvalue weighted by molar-refractivity contribution is -0.147. The lowest BCUT2D eigenvalue weighted by Crippen LogP contribution is -2.49. The molecule has 5 nitrogen and oxygen atoms in total. The molecule has 0 radical (unpaired) electrons. The van der Waals surface area contributed by atoms with Gasteiger partial charge in [-0.1, -0.05) is 0 Å². The Kier molecular flexibility index (Phi) is 4.78. The summed E-state index contributed by atoms with van der Waals surface area (Å²) in [6, 6.07) is 7.46. The first kappa shape index (κ1) is 20.4. The Labute approximate surface area is 188 Å². The second-order valence-electron chi connectivity index (χ2n) is 9.58. The summed E-state index contributed by atoms with van der Waals surface area (Å²) in [5.74, 6) is -0.669. The molecule has 1 unspecified atom stereocenters. The summed E-state index contributed by atoms with van der Waals surface area (Å²) in [6.07, 6.45) is 6.66. The van der Waals surface area contributed by atoms with Gasteiger partial charge in [0, 0.05) is 42.7 Å². The van der Waals surface area contributed by atoms with Crippen LogP contribution in [0.25, 0.3) is 10.9 Å². The minimum Gasteiger partial charge on any atom is -0.273 e. The van der Waals surface area contributed by atoms with Crippen LogP contribution >= 0.6 is 0 Å². The molecule has 7 rings (SSSR count). The Hall–Kier alpha value is -3.16. The third-order valence-corrected chi connectivity index (χ3v) is 7.58. The smallest absolute Gasteiger partial charge is 0.246 e. The van der Waals surface area contributed by atoms with E-state index in [1.165, 1.54) is 29.3 Å². The predicted molar refractivity (Wildman–Crippen MR) is 117 cm³/mol. The SMILES string of the molecule is O=C([C@H]1C[C@@H](Cn2cc3cc(F)ccc3n2)C2CC1C2)N1N=CCC1c1cc(F)cc(F)c1. The molecule has 2 heterocycles. The molecule has 0 saturated heterocycles. The molecule has 3 aliphatic carbocycles. The fourth-order valence-corrected chi connectivity index (χ4v) is 5.88. The van der Waals surface area contributed by atoms with Crippen LogP contribution in [0.15, 0.2) is 47.7 Å². The summed E-state index contributed by atoms with van der Waals surface area (Å²) in [4.78, 5) is 13.5. The lowest BCUT2D eigenvalue weighted by Gasteiger charge is -2.51. The number of hydrogen-bond acceptors (Lipinski definition) is 3. The molecule has 8 heteroatoms. The fourth-order valence-electron chi connectivity index (χ4n) is 5.88. The van der Waals surface area contributed by atoms with Gasteiger partial charge >= 0.3 is 0 Å². The molecule has 1 aliphatic heterocycles. The van der Waals surface area contributed by atoms with Crippen molar-refractivity contribution in [3.8, 4) is 0 Å². The number of nitrogens with zero attached hydrogens (tertiary/aromatic N) is 4. The van der Waals surface area contributed by atoms with Crippen molar-refractivity contribution in [2.75, 3.05) is 0 Å². The van der Waals surface area contributed by atoms with Gasteiger partial charge in [0.2, 0.25) is 5.91 Å². The standard InChI is InChI=1S/C25H23F3N4O/c26-19-1-2-23-18(9-19)13-31(30-23)12-17-10-22(15-5-14(17)6-15)25(33)32-24(3-4-29-32)16-7-20(27)11-21(28)8-16/h1-2,4,7-9,11,13-15,17,22,24H,3,5-6,10,12H2/t14?,15?,17-,22-,24?/m0/s1. The highest BCUT2D eigenvalue weighted by atomic mass is 19.1. The van der Waals surface area contributed by atoms with E-state index in [0.29, 0.717) is 36.3 Å². The molecule has 3 fully saturated rings. The second kappa shape index (κ2) is 7.71. The summed E-state index contributed by atoms with van der Waals surface area (Å²) < 4.78 is 42.9. The number of hydrogen-bond donors (Lipinski definition) is 0. The maximum Gasteiger partial charge on any atom is 0.246 e. The van der Waals surface area contributed by atoms with Gasteiger partial charge in [0.05, 0.1) is 11.6 Å². The molecular weight excluding hydrogens is 429 g/mol. The minimum absolute atomic E-state index is 0.0701. The quantitative estimate of drug-likeness (QED) is 0.555.